The Labute approximate surface area is 129 Å². The van der Waals surface area contributed by atoms with E-state index in [-0.39, 0.29) is 19.0 Å². The van der Waals surface area contributed by atoms with Gasteiger partial charge >= 0.3 is 0 Å². The summed E-state index contributed by atoms with van der Waals surface area (Å²) in [6.45, 7) is 0.0672. The molecule has 120 valence electrons. The normalized spacial score (nSPS) is 12.5. The number of aliphatic hydroxyl groups excluding tert-OH is 1. The zero-order valence-corrected chi connectivity index (χ0v) is 11.9. The molecule has 3 aromatic rings. The molecule has 3 rings (SSSR count). The number of hydrogen-bond donors (Lipinski definition) is 1. The van der Waals surface area contributed by atoms with Crippen molar-refractivity contribution in [2.24, 2.45) is 0 Å². The molecule has 0 radical (unpaired) electrons. The van der Waals surface area contributed by atoms with Crippen LogP contribution < -0.4 is 4.74 Å². The molecule has 0 aliphatic carbocycles. The predicted molar refractivity (Wildman–Crippen MR) is 77.6 cm³/mol. The second kappa shape index (κ2) is 6.29. The van der Waals surface area contributed by atoms with E-state index < -0.39 is 17.7 Å². The SMILES string of the molecule is OC(COc1ccc(F)cc1)Cn1cnc2cc(F)c(F)cc21. The molecule has 1 unspecified atom stereocenters. The van der Waals surface area contributed by atoms with Crippen LogP contribution in [0.5, 0.6) is 5.75 Å². The number of benzene rings is 2. The Balaban J connectivity index is 1.67. The van der Waals surface area contributed by atoms with Crippen molar-refractivity contribution in [1.82, 2.24) is 9.55 Å². The van der Waals surface area contributed by atoms with Crippen LogP contribution >= 0.6 is 0 Å². The number of imidazole rings is 1. The van der Waals surface area contributed by atoms with Crippen LogP contribution in [0.3, 0.4) is 0 Å². The van der Waals surface area contributed by atoms with Gasteiger partial charge in [0.25, 0.3) is 0 Å². The number of halogens is 3. The molecule has 23 heavy (non-hydrogen) atoms. The molecule has 1 N–H and O–H groups in total. The third-order valence-electron chi connectivity index (χ3n) is 3.33. The van der Waals surface area contributed by atoms with Gasteiger partial charge in [0.15, 0.2) is 11.6 Å². The standard InChI is InChI=1S/C16H13F3N2O2/c17-10-1-3-12(4-2-10)23-8-11(22)7-21-9-20-15-5-13(18)14(19)6-16(15)21/h1-6,9,11,22H,7-8H2. The number of ether oxygens (including phenoxy) is 1. The summed E-state index contributed by atoms with van der Waals surface area (Å²) in [4.78, 5) is 3.96. The van der Waals surface area contributed by atoms with E-state index in [2.05, 4.69) is 4.98 Å². The van der Waals surface area contributed by atoms with E-state index >= 15 is 0 Å². The second-order valence-electron chi connectivity index (χ2n) is 5.07. The average Bonchev–Trinajstić information content (AvgIpc) is 2.89. The first-order valence-electron chi connectivity index (χ1n) is 6.89. The molecular formula is C16H13F3N2O2. The molecule has 1 aromatic heterocycles. The predicted octanol–water partition coefficient (Wildman–Crippen LogP) is 2.89. The number of aliphatic hydroxyl groups is 1. The Kier molecular flexibility index (Phi) is 4.20. The highest BCUT2D eigenvalue weighted by molar-refractivity contribution is 5.75. The summed E-state index contributed by atoms with van der Waals surface area (Å²) in [5.41, 5.74) is 0.681. The zero-order valence-electron chi connectivity index (χ0n) is 11.9. The Hall–Kier alpha value is -2.54. The Morgan fingerprint density at radius 1 is 1.09 bits per heavy atom. The van der Waals surface area contributed by atoms with Gasteiger partial charge in [-0.25, -0.2) is 18.2 Å². The van der Waals surface area contributed by atoms with Crippen LogP contribution in [0.25, 0.3) is 11.0 Å². The Bertz CT molecular complexity index is 818. The van der Waals surface area contributed by atoms with Gasteiger partial charge in [0, 0.05) is 12.1 Å². The maximum Gasteiger partial charge on any atom is 0.161 e. The molecule has 4 nitrogen and oxygen atoms in total. The van der Waals surface area contributed by atoms with Gasteiger partial charge in [-0.15, -0.1) is 0 Å². The molecule has 0 bridgehead atoms. The summed E-state index contributed by atoms with van der Waals surface area (Å²) < 4.78 is 46.1. The number of fused-ring (bicyclic) bond motifs is 1. The van der Waals surface area contributed by atoms with E-state index in [4.69, 9.17) is 4.74 Å². The van der Waals surface area contributed by atoms with Gasteiger partial charge in [-0.3, -0.25) is 0 Å². The fourth-order valence-electron chi connectivity index (χ4n) is 2.20. The van der Waals surface area contributed by atoms with Crippen molar-refractivity contribution in [3.8, 4) is 5.75 Å². The highest BCUT2D eigenvalue weighted by Gasteiger charge is 2.12. The largest absolute Gasteiger partial charge is 0.491 e. The number of aromatic nitrogens is 2. The van der Waals surface area contributed by atoms with E-state index in [1.807, 2.05) is 0 Å². The summed E-state index contributed by atoms with van der Waals surface area (Å²) in [6, 6.07) is 7.44. The van der Waals surface area contributed by atoms with Gasteiger partial charge in [-0.1, -0.05) is 0 Å². The molecule has 7 heteroatoms. The lowest BCUT2D eigenvalue weighted by Gasteiger charge is -2.13. The van der Waals surface area contributed by atoms with Crippen LogP contribution in [0.2, 0.25) is 0 Å². The highest BCUT2D eigenvalue weighted by atomic mass is 19.2. The molecule has 1 atom stereocenters. The molecular weight excluding hydrogens is 309 g/mol. The van der Waals surface area contributed by atoms with E-state index in [0.717, 1.165) is 12.1 Å². The van der Waals surface area contributed by atoms with Crippen molar-refractivity contribution in [2.75, 3.05) is 6.61 Å². The lowest BCUT2D eigenvalue weighted by Crippen LogP contribution is -2.23. The van der Waals surface area contributed by atoms with Crippen LogP contribution in [-0.4, -0.2) is 27.4 Å². The van der Waals surface area contributed by atoms with Crippen LogP contribution in [0, 0.1) is 17.5 Å². The lowest BCUT2D eigenvalue weighted by atomic mass is 10.3. The first-order valence-corrected chi connectivity index (χ1v) is 6.89. The third-order valence-corrected chi connectivity index (χ3v) is 3.33. The minimum atomic E-state index is -0.976. The summed E-state index contributed by atoms with van der Waals surface area (Å²) >= 11 is 0. The minimum absolute atomic E-state index is 0.0328. The van der Waals surface area contributed by atoms with Gasteiger partial charge in [0.1, 0.15) is 24.3 Å². The first-order chi connectivity index (χ1) is 11.0. The van der Waals surface area contributed by atoms with Crippen molar-refractivity contribution in [3.63, 3.8) is 0 Å². The summed E-state index contributed by atoms with van der Waals surface area (Å²) in [5.74, 6) is -1.90. The van der Waals surface area contributed by atoms with Crippen LogP contribution in [0.4, 0.5) is 13.2 Å². The van der Waals surface area contributed by atoms with Crippen molar-refractivity contribution >= 4 is 11.0 Å². The fourth-order valence-corrected chi connectivity index (χ4v) is 2.20. The van der Waals surface area contributed by atoms with Gasteiger partial charge in [0.2, 0.25) is 0 Å². The quantitative estimate of drug-likeness (QED) is 0.786. The highest BCUT2D eigenvalue weighted by Crippen LogP contribution is 2.18. The summed E-state index contributed by atoms with van der Waals surface area (Å²) in [5, 5.41) is 10.0. The van der Waals surface area contributed by atoms with Gasteiger partial charge in [-0.05, 0) is 24.3 Å². The van der Waals surface area contributed by atoms with Crippen molar-refractivity contribution in [1.29, 1.82) is 0 Å². The number of nitrogens with zero attached hydrogens (tertiary/aromatic N) is 2. The Morgan fingerprint density at radius 2 is 1.78 bits per heavy atom. The molecule has 2 aromatic carbocycles. The monoisotopic (exact) mass is 322 g/mol. The van der Waals surface area contributed by atoms with Gasteiger partial charge < -0.3 is 14.4 Å². The molecule has 0 spiro atoms. The number of hydrogen-bond acceptors (Lipinski definition) is 3. The van der Waals surface area contributed by atoms with E-state index in [9.17, 15) is 18.3 Å². The molecule has 0 aliphatic heterocycles. The molecule has 0 amide bonds. The van der Waals surface area contributed by atoms with Crippen LogP contribution in [0.1, 0.15) is 0 Å². The second-order valence-corrected chi connectivity index (χ2v) is 5.07. The molecule has 0 aliphatic rings. The maximum atomic E-state index is 13.3. The fraction of sp³-hybridized carbons (Fsp3) is 0.188. The summed E-state index contributed by atoms with van der Waals surface area (Å²) in [7, 11) is 0. The lowest BCUT2D eigenvalue weighted by molar-refractivity contribution is 0.0934. The first kappa shape index (κ1) is 15.4. The van der Waals surface area contributed by atoms with Crippen molar-refractivity contribution < 1.29 is 23.0 Å². The van der Waals surface area contributed by atoms with Gasteiger partial charge in [0.05, 0.1) is 23.9 Å². The van der Waals surface area contributed by atoms with Gasteiger partial charge in [-0.2, -0.15) is 0 Å². The molecule has 0 saturated carbocycles. The smallest absolute Gasteiger partial charge is 0.161 e. The third kappa shape index (κ3) is 3.45. The zero-order chi connectivity index (χ0) is 16.4. The minimum Gasteiger partial charge on any atom is -0.491 e. The molecule has 0 fully saturated rings. The van der Waals surface area contributed by atoms with E-state index in [1.54, 1.807) is 0 Å². The van der Waals surface area contributed by atoms with Crippen molar-refractivity contribution in [3.05, 3.63) is 60.2 Å². The number of rotatable bonds is 5. The van der Waals surface area contributed by atoms with E-state index in [0.29, 0.717) is 16.8 Å². The molecule has 1 heterocycles. The van der Waals surface area contributed by atoms with Crippen LogP contribution in [-0.2, 0) is 6.54 Å². The van der Waals surface area contributed by atoms with Crippen LogP contribution in [0.15, 0.2) is 42.7 Å². The Morgan fingerprint density at radius 3 is 2.52 bits per heavy atom. The average molecular weight is 322 g/mol. The topological polar surface area (TPSA) is 47.3 Å². The summed E-state index contributed by atoms with van der Waals surface area (Å²) in [6.07, 6.45) is 0.496. The molecule has 0 saturated heterocycles. The van der Waals surface area contributed by atoms with Crippen molar-refractivity contribution in [2.45, 2.75) is 12.6 Å². The van der Waals surface area contributed by atoms with E-state index in [1.165, 1.54) is 35.2 Å². The maximum absolute atomic E-state index is 13.3.